The number of benzene rings is 4. The van der Waals surface area contributed by atoms with Crippen LogP contribution in [0.5, 0.6) is 0 Å². The third-order valence-electron chi connectivity index (χ3n) is 6.17. The first kappa shape index (κ1) is 26.8. The number of rotatable bonds is 8. The van der Waals surface area contributed by atoms with Gasteiger partial charge in [-0.3, -0.25) is 9.59 Å². The highest BCUT2D eigenvalue weighted by Gasteiger charge is 2.15. The monoisotopic (exact) mass is 545 g/mol. The van der Waals surface area contributed by atoms with Crippen LogP contribution in [0.3, 0.4) is 0 Å². The lowest BCUT2D eigenvalue weighted by atomic mass is 10.0. The minimum absolute atomic E-state index is 0.117. The van der Waals surface area contributed by atoms with E-state index in [-0.39, 0.29) is 17.6 Å². The average Bonchev–Trinajstić information content (AvgIpc) is 2.98. The maximum absolute atomic E-state index is 12.7. The summed E-state index contributed by atoms with van der Waals surface area (Å²) in [4.78, 5) is 30.1. The van der Waals surface area contributed by atoms with Crippen molar-refractivity contribution in [3.05, 3.63) is 120 Å². The molecule has 0 atom stereocenters. The first-order chi connectivity index (χ1) is 19.5. The summed E-state index contributed by atoms with van der Waals surface area (Å²) in [6, 6.07) is 32.4. The van der Waals surface area contributed by atoms with Crippen molar-refractivity contribution in [2.45, 2.75) is 19.0 Å². The number of amides is 2. The van der Waals surface area contributed by atoms with E-state index in [2.05, 4.69) is 20.8 Å². The fourth-order valence-electron chi connectivity index (χ4n) is 4.07. The van der Waals surface area contributed by atoms with E-state index in [1.54, 1.807) is 24.3 Å². The maximum Gasteiger partial charge on any atom is 0.255 e. The minimum Gasteiger partial charge on any atom is -0.325 e. The molecule has 4 aromatic carbocycles. The molecule has 198 valence electrons. The van der Waals surface area contributed by atoms with Crippen LogP contribution in [-0.2, 0) is 4.79 Å². The molecule has 0 saturated heterocycles. The highest BCUT2D eigenvalue weighted by atomic mass is 32.2. The van der Waals surface area contributed by atoms with Crippen molar-refractivity contribution >= 4 is 35.0 Å². The van der Waals surface area contributed by atoms with E-state index < -0.39 is 0 Å². The molecule has 0 aliphatic heterocycles. The first-order valence-corrected chi connectivity index (χ1v) is 13.7. The molecule has 2 amide bonds. The normalized spacial score (nSPS) is 10.7. The van der Waals surface area contributed by atoms with E-state index in [9.17, 15) is 9.59 Å². The number of hydrogen-bond acceptors (Lipinski definition) is 6. The minimum atomic E-state index is -0.196. The number of aryl methyl sites for hydroxylation is 2. The van der Waals surface area contributed by atoms with Crippen LogP contribution in [-0.4, -0.2) is 32.7 Å². The Kier molecular flexibility index (Phi) is 8.27. The predicted octanol–water partition coefficient (Wildman–Crippen LogP) is 6.81. The Morgan fingerprint density at radius 2 is 1.38 bits per heavy atom. The number of nitrogens with zero attached hydrogens (tertiary/aromatic N) is 3. The van der Waals surface area contributed by atoms with Gasteiger partial charge in [0.25, 0.3) is 5.91 Å². The lowest BCUT2D eigenvalue weighted by Gasteiger charge is -2.12. The molecule has 0 bridgehead atoms. The molecule has 0 aliphatic carbocycles. The van der Waals surface area contributed by atoms with E-state index >= 15 is 0 Å². The number of hydrogen-bond donors (Lipinski definition) is 2. The van der Waals surface area contributed by atoms with Gasteiger partial charge in [0.1, 0.15) is 11.4 Å². The average molecular weight is 546 g/mol. The highest BCUT2D eigenvalue weighted by Crippen LogP contribution is 2.29. The number of thioether (sulfide) groups is 1. The van der Waals surface area contributed by atoms with Crippen LogP contribution < -0.4 is 10.6 Å². The zero-order chi connectivity index (χ0) is 27.9. The zero-order valence-corrected chi connectivity index (χ0v) is 22.9. The highest BCUT2D eigenvalue weighted by molar-refractivity contribution is 7.99. The fourth-order valence-corrected chi connectivity index (χ4v) is 4.66. The molecule has 0 saturated carbocycles. The first-order valence-electron chi connectivity index (χ1n) is 12.7. The number of carbonyl (C=O) groups excluding carboxylic acids is 2. The van der Waals surface area contributed by atoms with Gasteiger partial charge < -0.3 is 10.6 Å². The van der Waals surface area contributed by atoms with Crippen LogP contribution in [0.2, 0.25) is 0 Å². The summed E-state index contributed by atoms with van der Waals surface area (Å²) in [5.41, 5.74) is 7.08. The summed E-state index contributed by atoms with van der Waals surface area (Å²) in [5.74, 6) is -0.262. The van der Waals surface area contributed by atoms with Gasteiger partial charge in [-0.15, -0.1) is 10.2 Å². The summed E-state index contributed by atoms with van der Waals surface area (Å²) in [6.45, 7) is 3.86. The third-order valence-corrected chi connectivity index (χ3v) is 7.00. The SMILES string of the molecule is Cc1ccc(C(=O)Nc2ccc(NC(=O)CSc3nnc(-c4ccccc4)c(-c4ccccc4)n3)cc2C)cc1. The summed E-state index contributed by atoms with van der Waals surface area (Å²) in [7, 11) is 0. The molecular weight excluding hydrogens is 518 g/mol. The second kappa shape index (κ2) is 12.4. The van der Waals surface area contributed by atoms with Crippen molar-refractivity contribution in [3.63, 3.8) is 0 Å². The molecule has 2 N–H and O–H groups in total. The van der Waals surface area contributed by atoms with E-state index in [0.717, 1.165) is 22.3 Å². The standard InChI is InChI=1S/C32H27N5O2S/c1-21-13-15-25(16-14-21)31(39)34-27-18-17-26(19-22(27)2)33-28(38)20-40-32-35-29(23-9-5-3-6-10-23)30(36-37-32)24-11-7-4-8-12-24/h3-19H,20H2,1-2H3,(H,33,38)(H,34,39). The van der Waals surface area contributed by atoms with Crippen molar-refractivity contribution in [2.75, 3.05) is 16.4 Å². The van der Waals surface area contributed by atoms with Crippen LogP contribution in [0, 0.1) is 13.8 Å². The fraction of sp³-hybridized carbons (Fsp3) is 0.0938. The van der Waals surface area contributed by atoms with Gasteiger partial charge in [0, 0.05) is 28.1 Å². The summed E-state index contributed by atoms with van der Waals surface area (Å²) >= 11 is 1.22. The van der Waals surface area contributed by atoms with Gasteiger partial charge in [-0.1, -0.05) is 90.1 Å². The van der Waals surface area contributed by atoms with Crippen LogP contribution >= 0.6 is 11.8 Å². The van der Waals surface area contributed by atoms with Crippen LogP contribution in [0.15, 0.2) is 108 Å². The van der Waals surface area contributed by atoms with Crippen molar-refractivity contribution < 1.29 is 9.59 Å². The second-order valence-electron chi connectivity index (χ2n) is 9.21. The number of carbonyl (C=O) groups is 2. The molecule has 1 heterocycles. The summed E-state index contributed by atoms with van der Waals surface area (Å²) < 4.78 is 0. The van der Waals surface area contributed by atoms with Crippen LogP contribution in [0.25, 0.3) is 22.5 Å². The molecule has 8 heteroatoms. The molecule has 7 nitrogen and oxygen atoms in total. The van der Waals surface area contributed by atoms with Gasteiger partial charge in [-0.2, -0.15) is 0 Å². The summed E-state index contributed by atoms with van der Waals surface area (Å²) in [5, 5.41) is 15.0. The lowest BCUT2D eigenvalue weighted by molar-refractivity contribution is -0.113. The van der Waals surface area contributed by atoms with E-state index in [1.165, 1.54) is 11.8 Å². The van der Waals surface area contributed by atoms with Gasteiger partial charge >= 0.3 is 0 Å². The Bertz CT molecular complexity index is 1640. The van der Waals surface area contributed by atoms with Gasteiger partial charge in [-0.05, 0) is 49.7 Å². The Morgan fingerprint density at radius 3 is 2.02 bits per heavy atom. The van der Waals surface area contributed by atoms with Gasteiger partial charge in [-0.25, -0.2) is 4.98 Å². The Morgan fingerprint density at radius 1 is 0.725 bits per heavy atom. The third kappa shape index (κ3) is 6.59. The molecule has 40 heavy (non-hydrogen) atoms. The molecular formula is C32H27N5O2S. The van der Waals surface area contributed by atoms with Gasteiger partial charge in [0.05, 0.1) is 5.75 Å². The Hall–Kier alpha value is -4.82. The molecule has 0 radical (unpaired) electrons. The van der Waals surface area contributed by atoms with Gasteiger partial charge in [0.15, 0.2) is 0 Å². The summed E-state index contributed by atoms with van der Waals surface area (Å²) in [6.07, 6.45) is 0. The van der Waals surface area contributed by atoms with Crippen LogP contribution in [0.4, 0.5) is 11.4 Å². The Balaban J connectivity index is 1.24. The van der Waals surface area contributed by atoms with Crippen molar-refractivity contribution in [1.82, 2.24) is 15.2 Å². The number of anilines is 2. The zero-order valence-electron chi connectivity index (χ0n) is 22.1. The van der Waals surface area contributed by atoms with Crippen molar-refractivity contribution in [1.29, 1.82) is 0 Å². The molecule has 0 aliphatic rings. The van der Waals surface area contributed by atoms with Crippen molar-refractivity contribution in [2.24, 2.45) is 0 Å². The quantitative estimate of drug-likeness (QED) is 0.208. The molecule has 0 unspecified atom stereocenters. The Labute approximate surface area is 237 Å². The number of aromatic nitrogens is 3. The van der Waals surface area contributed by atoms with E-state index in [4.69, 9.17) is 4.98 Å². The molecule has 0 fully saturated rings. The topological polar surface area (TPSA) is 96.9 Å². The molecule has 5 rings (SSSR count). The van der Waals surface area contributed by atoms with E-state index in [1.807, 2.05) is 92.7 Å². The molecule has 1 aromatic heterocycles. The largest absolute Gasteiger partial charge is 0.325 e. The molecule has 5 aromatic rings. The predicted molar refractivity (Wildman–Crippen MR) is 160 cm³/mol. The molecule has 0 spiro atoms. The second-order valence-corrected chi connectivity index (χ2v) is 10.2. The smallest absolute Gasteiger partial charge is 0.255 e. The lowest BCUT2D eigenvalue weighted by Crippen LogP contribution is -2.15. The maximum atomic E-state index is 12.7. The van der Waals surface area contributed by atoms with Crippen LogP contribution in [0.1, 0.15) is 21.5 Å². The van der Waals surface area contributed by atoms with E-state index in [0.29, 0.717) is 33.5 Å². The van der Waals surface area contributed by atoms with Crippen molar-refractivity contribution in [3.8, 4) is 22.5 Å². The number of nitrogens with one attached hydrogen (secondary N) is 2. The van der Waals surface area contributed by atoms with Gasteiger partial charge in [0.2, 0.25) is 11.1 Å².